The van der Waals surface area contributed by atoms with E-state index < -0.39 is 0 Å². The zero-order chi connectivity index (χ0) is 21.3. The maximum Gasteiger partial charge on any atom is 0.260 e. The Hall–Kier alpha value is -2.44. The van der Waals surface area contributed by atoms with E-state index in [9.17, 15) is 9.59 Å². The van der Waals surface area contributed by atoms with Crippen LogP contribution in [0.5, 0.6) is 11.5 Å². The molecule has 1 heterocycles. The largest absolute Gasteiger partial charge is 0.490 e. The lowest BCUT2D eigenvalue weighted by Gasteiger charge is -2.31. The molecule has 3 rings (SSSR count). The fraction of sp³-hybridized carbons (Fsp3) is 0.364. The summed E-state index contributed by atoms with van der Waals surface area (Å²) in [7, 11) is 0. The van der Waals surface area contributed by atoms with Crippen LogP contribution >= 0.6 is 23.2 Å². The van der Waals surface area contributed by atoms with E-state index in [1.165, 1.54) is 0 Å². The van der Waals surface area contributed by atoms with Crippen LogP contribution in [0.1, 0.15) is 12.8 Å². The molecule has 0 unspecified atom stereocenters. The molecule has 6 nitrogen and oxygen atoms in total. The molecule has 30 heavy (non-hydrogen) atoms. The Kier molecular flexibility index (Phi) is 8.22. The van der Waals surface area contributed by atoms with E-state index in [1.54, 1.807) is 23.1 Å². The van der Waals surface area contributed by atoms with Crippen LogP contribution in [0.25, 0.3) is 0 Å². The van der Waals surface area contributed by atoms with Crippen LogP contribution in [0.4, 0.5) is 0 Å². The number of amides is 2. The molecule has 0 bridgehead atoms. The van der Waals surface area contributed by atoms with E-state index in [-0.39, 0.29) is 24.3 Å². The normalized spacial score (nSPS) is 14.3. The van der Waals surface area contributed by atoms with Crippen molar-refractivity contribution in [2.45, 2.75) is 12.8 Å². The lowest BCUT2D eigenvalue weighted by Crippen LogP contribution is -2.45. The highest BCUT2D eigenvalue weighted by Crippen LogP contribution is 2.31. The topological polar surface area (TPSA) is 67.9 Å². The Morgan fingerprint density at radius 2 is 1.73 bits per heavy atom. The third-order valence-electron chi connectivity index (χ3n) is 4.90. The van der Waals surface area contributed by atoms with E-state index in [1.807, 2.05) is 30.3 Å². The molecule has 0 spiro atoms. The molecule has 0 atom stereocenters. The number of benzene rings is 2. The standard InChI is InChI=1S/C22H24Cl2N2O4/c23-18-7-4-8-19(21(18)24)29-14-11-25-22(28)16-9-12-26(13-10-16)20(27)15-30-17-5-2-1-3-6-17/h1-8,16H,9-15H2,(H,25,28). The fourth-order valence-electron chi connectivity index (χ4n) is 3.22. The zero-order valence-electron chi connectivity index (χ0n) is 16.5. The Morgan fingerprint density at radius 3 is 2.47 bits per heavy atom. The number of halogens is 2. The van der Waals surface area contributed by atoms with Gasteiger partial charge in [-0.15, -0.1) is 0 Å². The second kappa shape index (κ2) is 11.1. The van der Waals surface area contributed by atoms with Crippen LogP contribution in [0.15, 0.2) is 48.5 Å². The van der Waals surface area contributed by atoms with Crippen LogP contribution in [0.2, 0.25) is 10.0 Å². The van der Waals surface area contributed by atoms with Crippen molar-refractivity contribution in [2.75, 3.05) is 32.8 Å². The molecular formula is C22H24Cl2N2O4. The summed E-state index contributed by atoms with van der Waals surface area (Å²) in [5, 5.41) is 3.66. The molecule has 2 aromatic carbocycles. The van der Waals surface area contributed by atoms with Crippen molar-refractivity contribution in [2.24, 2.45) is 5.92 Å². The summed E-state index contributed by atoms with van der Waals surface area (Å²) in [4.78, 5) is 26.4. The van der Waals surface area contributed by atoms with E-state index in [0.717, 1.165) is 0 Å². The predicted octanol–water partition coefficient (Wildman–Crippen LogP) is 3.81. The van der Waals surface area contributed by atoms with Gasteiger partial charge in [0, 0.05) is 19.0 Å². The molecule has 8 heteroatoms. The van der Waals surface area contributed by atoms with Gasteiger partial charge in [-0.3, -0.25) is 9.59 Å². The van der Waals surface area contributed by atoms with Crippen LogP contribution < -0.4 is 14.8 Å². The summed E-state index contributed by atoms with van der Waals surface area (Å²) in [6, 6.07) is 14.4. The minimum Gasteiger partial charge on any atom is -0.490 e. The van der Waals surface area contributed by atoms with Crippen molar-refractivity contribution in [1.29, 1.82) is 0 Å². The van der Waals surface area contributed by atoms with E-state index >= 15 is 0 Å². The Labute approximate surface area is 186 Å². The molecule has 2 aromatic rings. The second-order valence-corrected chi connectivity index (χ2v) is 7.73. The number of carbonyl (C=O) groups excluding carboxylic acids is 2. The molecule has 1 aliphatic rings. The number of piperidine rings is 1. The van der Waals surface area contributed by atoms with Gasteiger partial charge in [0.2, 0.25) is 5.91 Å². The van der Waals surface area contributed by atoms with Crippen molar-refractivity contribution in [3.8, 4) is 11.5 Å². The van der Waals surface area contributed by atoms with Gasteiger partial charge < -0.3 is 19.7 Å². The van der Waals surface area contributed by atoms with Gasteiger partial charge in [0.05, 0.1) is 11.6 Å². The van der Waals surface area contributed by atoms with Gasteiger partial charge in [-0.1, -0.05) is 47.5 Å². The number of para-hydroxylation sites is 1. The molecule has 1 aliphatic heterocycles. The molecular weight excluding hydrogens is 427 g/mol. The summed E-state index contributed by atoms with van der Waals surface area (Å²) in [5.74, 6) is 0.955. The van der Waals surface area contributed by atoms with E-state index in [0.29, 0.717) is 60.6 Å². The number of ether oxygens (including phenoxy) is 2. The zero-order valence-corrected chi connectivity index (χ0v) is 18.0. The van der Waals surface area contributed by atoms with Gasteiger partial charge >= 0.3 is 0 Å². The van der Waals surface area contributed by atoms with Gasteiger partial charge in [-0.05, 0) is 37.1 Å². The van der Waals surface area contributed by atoms with Gasteiger partial charge in [-0.2, -0.15) is 0 Å². The molecule has 0 aromatic heterocycles. The number of rotatable bonds is 8. The maximum absolute atomic E-state index is 12.4. The Bertz CT molecular complexity index is 855. The molecule has 2 amide bonds. The summed E-state index contributed by atoms with van der Waals surface area (Å²) in [5.41, 5.74) is 0. The first kappa shape index (κ1) is 22.2. The number of hydrogen-bond donors (Lipinski definition) is 1. The monoisotopic (exact) mass is 450 g/mol. The minimum absolute atomic E-state index is 0.00424. The minimum atomic E-state index is -0.112. The van der Waals surface area contributed by atoms with Crippen molar-refractivity contribution in [1.82, 2.24) is 10.2 Å². The number of nitrogens with one attached hydrogen (secondary N) is 1. The lowest BCUT2D eigenvalue weighted by molar-refractivity contribution is -0.137. The van der Waals surface area contributed by atoms with Crippen LogP contribution in [0, 0.1) is 5.92 Å². The first-order chi connectivity index (χ1) is 14.5. The second-order valence-electron chi connectivity index (χ2n) is 6.95. The molecule has 0 radical (unpaired) electrons. The highest BCUT2D eigenvalue weighted by atomic mass is 35.5. The van der Waals surface area contributed by atoms with E-state index in [4.69, 9.17) is 32.7 Å². The average Bonchev–Trinajstić information content (AvgIpc) is 2.78. The first-order valence-electron chi connectivity index (χ1n) is 9.84. The lowest BCUT2D eigenvalue weighted by atomic mass is 9.96. The molecule has 0 saturated carbocycles. The van der Waals surface area contributed by atoms with Crippen molar-refractivity contribution >= 4 is 35.0 Å². The van der Waals surface area contributed by atoms with Crippen LogP contribution in [-0.2, 0) is 9.59 Å². The SMILES string of the molecule is O=C(NCCOc1cccc(Cl)c1Cl)C1CCN(C(=O)COc2ccccc2)CC1. The number of hydrogen-bond acceptors (Lipinski definition) is 4. The van der Waals surface area contributed by atoms with Crippen molar-refractivity contribution in [3.63, 3.8) is 0 Å². The average molecular weight is 451 g/mol. The summed E-state index contributed by atoms with van der Waals surface area (Å²) in [6.45, 7) is 1.75. The third kappa shape index (κ3) is 6.28. The van der Waals surface area contributed by atoms with Crippen LogP contribution in [-0.4, -0.2) is 49.6 Å². The van der Waals surface area contributed by atoms with Gasteiger partial charge in [0.15, 0.2) is 6.61 Å². The van der Waals surface area contributed by atoms with Crippen LogP contribution in [0.3, 0.4) is 0 Å². The molecule has 1 N–H and O–H groups in total. The van der Waals surface area contributed by atoms with Gasteiger partial charge in [0.1, 0.15) is 23.1 Å². The van der Waals surface area contributed by atoms with Gasteiger partial charge in [0.25, 0.3) is 5.91 Å². The Morgan fingerprint density at radius 1 is 1.00 bits per heavy atom. The Balaban J connectivity index is 1.33. The highest BCUT2D eigenvalue weighted by Gasteiger charge is 2.27. The molecule has 160 valence electrons. The molecule has 0 aliphatic carbocycles. The number of carbonyl (C=O) groups is 2. The first-order valence-corrected chi connectivity index (χ1v) is 10.6. The van der Waals surface area contributed by atoms with Gasteiger partial charge in [-0.25, -0.2) is 0 Å². The number of likely N-dealkylation sites (tertiary alicyclic amines) is 1. The fourth-order valence-corrected chi connectivity index (χ4v) is 3.57. The van der Waals surface area contributed by atoms with Crippen molar-refractivity contribution in [3.05, 3.63) is 58.6 Å². The van der Waals surface area contributed by atoms with E-state index in [2.05, 4.69) is 5.32 Å². The highest BCUT2D eigenvalue weighted by molar-refractivity contribution is 6.42. The quantitative estimate of drug-likeness (QED) is 0.620. The predicted molar refractivity (Wildman–Crippen MR) is 116 cm³/mol. The van der Waals surface area contributed by atoms with Crippen molar-refractivity contribution < 1.29 is 19.1 Å². The smallest absolute Gasteiger partial charge is 0.260 e. The third-order valence-corrected chi connectivity index (χ3v) is 5.70. The molecule has 1 fully saturated rings. The maximum atomic E-state index is 12.4. The summed E-state index contributed by atoms with van der Waals surface area (Å²) in [6.07, 6.45) is 1.26. The summed E-state index contributed by atoms with van der Waals surface area (Å²) >= 11 is 12.0. The molecule has 1 saturated heterocycles. The summed E-state index contributed by atoms with van der Waals surface area (Å²) < 4.78 is 11.1. The number of nitrogens with zero attached hydrogens (tertiary/aromatic N) is 1.